The van der Waals surface area contributed by atoms with E-state index in [4.69, 9.17) is 10.9 Å². The van der Waals surface area contributed by atoms with Crippen LogP contribution in [0.1, 0.15) is 5.56 Å². The zero-order chi connectivity index (χ0) is 14.8. The minimum absolute atomic E-state index is 0.276. The highest BCUT2D eigenvalue weighted by atomic mass is 19.4. The van der Waals surface area contributed by atoms with Gasteiger partial charge in [0.25, 0.3) is 0 Å². The smallest absolute Gasteiger partial charge is 0.405 e. The van der Waals surface area contributed by atoms with Crippen LogP contribution < -0.4 is 10.6 Å². The van der Waals surface area contributed by atoms with Crippen LogP contribution in [0.4, 0.5) is 27.6 Å². The largest absolute Gasteiger partial charge is 0.409 e. The minimum atomic E-state index is -4.60. The summed E-state index contributed by atoms with van der Waals surface area (Å²) in [7, 11) is 0.901. The molecule has 0 aliphatic heterocycles. The average molecular weight is 283 g/mol. The van der Waals surface area contributed by atoms with Crippen molar-refractivity contribution < 1.29 is 27.2 Å². The molecule has 3 N–H and O–H groups in total. The van der Waals surface area contributed by atoms with Crippen molar-refractivity contribution in [2.24, 2.45) is 10.9 Å². The fourth-order valence-electron chi connectivity index (χ4n) is 1.48. The molecular weight excluding hydrogens is 273 g/mol. The van der Waals surface area contributed by atoms with Gasteiger partial charge in [-0.3, -0.25) is 0 Å². The monoisotopic (exact) mass is 283 g/mol. The fourth-order valence-corrected chi connectivity index (χ4v) is 1.48. The van der Waals surface area contributed by atoms with Crippen molar-refractivity contribution in [3.63, 3.8) is 0 Å². The van der Waals surface area contributed by atoms with Crippen LogP contribution >= 0.6 is 0 Å². The van der Waals surface area contributed by atoms with Crippen molar-refractivity contribution in [3.05, 3.63) is 29.3 Å². The summed E-state index contributed by atoms with van der Waals surface area (Å²) in [5.41, 5.74) is 4.02. The molecule has 0 radical (unpaired) electrons. The van der Waals surface area contributed by atoms with Crippen LogP contribution in [-0.4, -0.2) is 30.8 Å². The van der Waals surface area contributed by atoms with Crippen LogP contribution in [0.15, 0.2) is 17.3 Å². The van der Waals surface area contributed by atoms with Gasteiger partial charge in [0, 0.05) is 12.6 Å². The van der Waals surface area contributed by atoms with Crippen LogP contribution in [0.2, 0.25) is 0 Å². The Morgan fingerprint density at radius 3 is 2.16 bits per heavy atom. The van der Waals surface area contributed by atoms with Crippen molar-refractivity contribution >= 4 is 11.5 Å². The molecule has 0 aliphatic rings. The number of hydrogen-bond donors (Lipinski definition) is 2. The van der Waals surface area contributed by atoms with Crippen LogP contribution in [0.25, 0.3) is 0 Å². The standard InChI is InChI=1S/C10H10F5N3O/c1-18(4-10(13,14)15)8-6(11)2-5(3-7(8)12)9(16)17-19/h2-3,19H,4H2,1H3,(H2,16,17). The molecule has 1 rings (SSSR count). The van der Waals surface area contributed by atoms with Gasteiger partial charge in [-0.05, 0) is 12.1 Å². The lowest BCUT2D eigenvalue weighted by molar-refractivity contribution is -0.119. The summed E-state index contributed by atoms with van der Waals surface area (Å²) in [6, 6.07) is 1.36. The third-order valence-corrected chi connectivity index (χ3v) is 2.22. The Morgan fingerprint density at radius 1 is 1.32 bits per heavy atom. The predicted molar refractivity (Wildman–Crippen MR) is 58.2 cm³/mol. The van der Waals surface area contributed by atoms with Crippen molar-refractivity contribution in [2.45, 2.75) is 6.18 Å². The second-order valence-corrected chi connectivity index (χ2v) is 3.74. The SMILES string of the molecule is CN(CC(F)(F)F)c1c(F)cc(C(N)=NO)cc1F. The molecule has 0 aliphatic carbocycles. The van der Waals surface area contributed by atoms with Crippen molar-refractivity contribution in [1.82, 2.24) is 0 Å². The number of hydrogen-bond acceptors (Lipinski definition) is 3. The lowest BCUT2D eigenvalue weighted by atomic mass is 10.1. The Morgan fingerprint density at radius 2 is 1.79 bits per heavy atom. The molecule has 0 saturated heterocycles. The fraction of sp³-hybridized carbons (Fsp3) is 0.300. The summed E-state index contributed by atoms with van der Waals surface area (Å²) in [4.78, 5) is 0.390. The van der Waals surface area contributed by atoms with Crippen LogP contribution in [0.5, 0.6) is 0 Å². The molecule has 19 heavy (non-hydrogen) atoms. The minimum Gasteiger partial charge on any atom is -0.409 e. The molecule has 0 bridgehead atoms. The van der Waals surface area contributed by atoms with Gasteiger partial charge in [0.1, 0.15) is 23.9 Å². The van der Waals surface area contributed by atoms with E-state index in [-0.39, 0.29) is 5.56 Å². The maximum Gasteiger partial charge on any atom is 0.405 e. The molecule has 1 aromatic rings. The van der Waals surface area contributed by atoms with Crippen molar-refractivity contribution in [1.29, 1.82) is 0 Å². The molecule has 9 heteroatoms. The zero-order valence-electron chi connectivity index (χ0n) is 9.67. The lowest BCUT2D eigenvalue weighted by Gasteiger charge is -2.22. The van der Waals surface area contributed by atoms with E-state index < -0.39 is 35.9 Å². The van der Waals surface area contributed by atoms with Crippen LogP contribution in [0, 0.1) is 11.6 Å². The van der Waals surface area contributed by atoms with Gasteiger partial charge in [0.15, 0.2) is 5.84 Å². The summed E-state index contributed by atoms with van der Waals surface area (Å²) in [5, 5.41) is 10.9. The van der Waals surface area contributed by atoms with Gasteiger partial charge in [-0.25, -0.2) is 8.78 Å². The molecule has 4 nitrogen and oxygen atoms in total. The summed E-state index contributed by atoms with van der Waals surface area (Å²) >= 11 is 0. The van der Waals surface area contributed by atoms with E-state index in [9.17, 15) is 22.0 Å². The number of nitrogens with zero attached hydrogens (tertiary/aromatic N) is 2. The maximum atomic E-state index is 13.6. The second kappa shape index (κ2) is 5.29. The Balaban J connectivity index is 3.17. The Bertz CT molecular complexity index is 477. The quantitative estimate of drug-likeness (QED) is 0.293. The first-order valence-electron chi connectivity index (χ1n) is 4.90. The number of benzene rings is 1. The third kappa shape index (κ3) is 3.70. The Kier molecular flexibility index (Phi) is 4.17. The molecule has 1 aromatic carbocycles. The van der Waals surface area contributed by atoms with Crippen molar-refractivity contribution in [3.8, 4) is 0 Å². The Hall–Kier alpha value is -2.06. The Labute approximate surface area is 104 Å². The van der Waals surface area contributed by atoms with E-state index in [1.807, 2.05) is 0 Å². The summed E-state index contributed by atoms with van der Waals surface area (Å²) in [6.45, 7) is -1.51. The van der Waals surface area contributed by atoms with Gasteiger partial charge >= 0.3 is 6.18 Å². The molecule has 0 saturated carbocycles. The van der Waals surface area contributed by atoms with Gasteiger partial charge in [0.2, 0.25) is 0 Å². The van der Waals surface area contributed by atoms with E-state index >= 15 is 0 Å². The molecule has 0 unspecified atom stereocenters. The first-order valence-corrected chi connectivity index (χ1v) is 4.90. The van der Waals surface area contributed by atoms with Gasteiger partial charge < -0.3 is 15.8 Å². The van der Waals surface area contributed by atoms with E-state index in [0.717, 1.165) is 7.05 Å². The summed E-state index contributed by atoms with van der Waals surface area (Å²) < 4.78 is 63.7. The maximum absolute atomic E-state index is 13.6. The number of amidine groups is 1. The molecule has 0 heterocycles. The molecule has 106 valence electrons. The van der Waals surface area contributed by atoms with Gasteiger partial charge in [-0.2, -0.15) is 13.2 Å². The topological polar surface area (TPSA) is 61.8 Å². The van der Waals surface area contributed by atoms with Crippen molar-refractivity contribution in [2.75, 3.05) is 18.5 Å². The number of oxime groups is 1. The van der Waals surface area contributed by atoms with Gasteiger partial charge in [0.05, 0.1) is 0 Å². The molecule has 0 fully saturated rings. The van der Waals surface area contributed by atoms with E-state index in [1.54, 1.807) is 0 Å². The first-order chi connectivity index (χ1) is 8.65. The van der Waals surface area contributed by atoms with Crippen LogP contribution in [-0.2, 0) is 0 Å². The highest BCUT2D eigenvalue weighted by Crippen LogP contribution is 2.27. The van der Waals surface area contributed by atoms with E-state index in [2.05, 4.69) is 5.16 Å². The van der Waals surface area contributed by atoms with Crippen LogP contribution in [0.3, 0.4) is 0 Å². The average Bonchev–Trinajstić information content (AvgIpc) is 2.24. The number of nitrogens with two attached hydrogens (primary N) is 1. The highest BCUT2D eigenvalue weighted by molar-refractivity contribution is 5.97. The van der Waals surface area contributed by atoms with Gasteiger partial charge in [-0.1, -0.05) is 5.16 Å². The normalized spacial score (nSPS) is 12.6. The third-order valence-electron chi connectivity index (χ3n) is 2.22. The summed E-state index contributed by atoms with van der Waals surface area (Å²) in [6.07, 6.45) is -4.60. The molecule has 0 atom stereocenters. The van der Waals surface area contributed by atoms with E-state index in [1.165, 1.54) is 0 Å². The number of rotatable bonds is 3. The number of halogens is 5. The first kappa shape index (κ1) is 15.0. The number of alkyl halides is 3. The predicted octanol–water partition coefficient (Wildman–Crippen LogP) is 2.06. The molecular formula is C10H10F5N3O. The zero-order valence-corrected chi connectivity index (χ0v) is 9.67. The summed E-state index contributed by atoms with van der Waals surface area (Å²) in [5.74, 6) is -3.04. The lowest BCUT2D eigenvalue weighted by Crippen LogP contribution is -2.32. The molecule has 0 aromatic heterocycles. The second-order valence-electron chi connectivity index (χ2n) is 3.74. The van der Waals surface area contributed by atoms with E-state index in [0.29, 0.717) is 17.0 Å². The highest BCUT2D eigenvalue weighted by Gasteiger charge is 2.31. The molecule has 0 spiro atoms. The van der Waals surface area contributed by atoms with Gasteiger partial charge in [-0.15, -0.1) is 0 Å². The molecule has 0 amide bonds. The number of anilines is 1.